The van der Waals surface area contributed by atoms with Crippen molar-refractivity contribution in [1.82, 2.24) is 0 Å². The highest BCUT2D eigenvalue weighted by Crippen LogP contribution is 2.31. The molecule has 0 aliphatic carbocycles. The number of Topliss-reactive ketones (excluding diaryl/α,β-unsaturated/α-hetero) is 1. The predicted octanol–water partition coefficient (Wildman–Crippen LogP) is 3.53. The van der Waals surface area contributed by atoms with Gasteiger partial charge in [0.2, 0.25) is 0 Å². The Hall–Kier alpha value is -2.36. The van der Waals surface area contributed by atoms with Gasteiger partial charge in [-0.25, -0.2) is 0 Å². The topological polar surface area (TPSA) is 63.6 Å². The maximum absolute atomic E-state index is 11.8. The summed E-state index contributed by atoms with van der Waals surface area (Å²) in [4.78, 5) is 22.9. The van der Waals surface area contributed by atoms with Gasteiger partial charge in [0.15, 0.2) is 5.78 Å². The molecule has 0 saturated heterocycles. The van der Waals surface area contributed by atoms with Gasteiger partial charge in [0.05, 0.1) is 11.0 Å². The quantitative estimate of drug-likeness (QED) is 0.854. The number of ether oxygens (including phenoxy) is 1. The molecule has 0 spiro atoms. The first-order valence-electron chi connectivity index (χ1n) is 6.72. The van der Waals surface area contributed by atoms with Crippen LogP contribution in [0.5, 0.6) is 5.75 Å². The standard InChI is InChI=1S/C17H18O4/c1-11(18)13-9-8-12-6-4-5-7-14(12)15(13)21-10-17(2,3)16(19)20/h4-9H,10H2,1-3H3,(H,19,20). The van der Waals surface area contributed by atoms with Crippen molar-refractivity contribution < 1.29 is 19.4 Å². The fraction of sp³-hybridized carbons (Fsp3) is 0.294. The lowest BCUT2D eigenvalue weighted by Crippen LogP contribution is -2.31. The molecule has 1 N–H and O–H groups in total. The zero-order valence-corrected chi connectivity index (χ0v) is 12.3. The molecule has 2 aromatic carbocycles. The number of fused-ring (bicyclic) bond motifs is 1. The van der Waals surface area contributed by atoms with E-state index < -0.39 is 11.4 Å². The summed E-state index contributed by atoms with van der Waals surface area (Å²) in [7, 11) is 0. The van der Waals surface area contributed by atoms with E-state index in [4.69, 9.17) is 9.84 Å². The summed E-state index contributed by atoms with van der Waals surface area (Å²) in [5.41, 5.74) is -0.555. The van der Waals surface area contributed by atoms with Crippen LogP contribution >= 0.6 is 0 Å². The molecule has 0 atom stereocenters. The lowest BCUT2D eigenvalue weighted by molar-refractivity contribution is -0.148. The van der Waals surface area contributed by atoms with Crippen molar-refractivity contribution in [2.24, 2.45) is 5.41 Å². The molecule has 0 fully saturated rings. The molecule has 0 aliphatic heterocycles. The number of carboxylic acid groups (broad SMARTS) is 1. The van der Waals surface area contributed by atoms with Gasteiger partial charge < -0.3 is 9.84 Å². The van der Waals surface area contributed by atoms with Crippen molar-refractivity contribution >= 4 is 22.5 Å². The molecule has 0 saturated carbocycles. The van der Waals surface area contributed by atoms with Crippen LogP contribution in [0.25, 0.3) is 10.8 Å². The van der Waals surface area contributed by atoms with Crippen LogP contribution in [0.2, 0.25) is 0 Å². The van der Waals surface area contributed by atoms with Crippen molar-refractivity contribution in [2.45, 2.75) is 20.8 Å². The van der Waals surface area contributed by atoms with Crippen molar-refractivity contribution in [3.63, 3.8) is 0 Å². The SMILES string of the molecule is CC(=O)c1ccc2ccccc2c1OCC(C)(C)C(=O)O. The summed E-state index contributed by atoms with van der Waals surface area (Å²) in [6.07, 6.45) is 0. The minimum absolute atomic E-state index is 0.00335. The molecular weight excluding hydrogens is 268 g/mol. The van der Waals surface area contributed by atoms with Crippen LogP contribution < -0.4 is 4.74 Å². The summed E-state index contributed by atoms with van der Waals surface area (Å²) in [5.74, 6) is -0.592. The number of hydrogen-bond donors (Lipinski definition) is 1. The first-order valence-corrected chi connectivity index (χ1v) is 6.72. The summed E-state index contributed by atoms with van der Waals surface area (Å²) in [6.45, 7) is 4.65. The van der Waals surface area contributed by atoms with Gasteiger partial charge in [0.1, 0.15) is 12.4 Å². The Labute approximate surface area is 123 Å². The Morgan fingerprint density at radius 1 is 1.14 bits per heavy atom. The van der Waals surface area contributed by atoms with Gasteiger partial charge in [-0.05, 0) is 32.2 Å². The van der Waals surface area contributed by atoms with Crippen molar-refractivity contribution in [3.05, 3.63) is 42.0 Å². The van der Waals surface area contributed by atoms with Crippen molar-refractivity contribution in [2.75, 3.05) is 6.61 Å². The predicted molar refractivity (Wildman–Crippen MR) is 80.9 cm³/mol. The molecule has 0 unspecified atom stereocenters. The normalized spacial score (nSPS) is 11.4. The van der Waals surface area contributed by atoms with Gasteiger partial charge in [-0.1, -0.05) is 30.3 Å². The Morgan fingerprint density at radius 2 is 1.81 bits per heavy atom. The van der Waals surface area contributed by atoms with Gasteiger partial charge in [-0.3, -0.25) is 9.59 Å². The van der Waals surface area contributed by atoms with Crippen LogP contribution in [0.4, 0.5) is 0 Å². The highest BCUT2D eigenvalue weighted by Gasteiger charge is 2.29. The molecule has 2 rings (SSSR count). The molecular formula is C17H18O4. The molecule has 4 heteroatoms. The summed E-state index contributed by atoms with van der Waals surface area (Å²) >= 11 is 0. The first-order chi connectivity index (χ1) is 9.83. The van der Waals surface area contributed by atoms with E-state index in [0.29, 0.717) is 11.3 Å². The van der Waals surface area contributed by atoms with E-state index in [1.54, 1.807) is 19.9 Å². The Kier molecular flexibility index (Phi) is 3.98. The van der Waals surface area contributed by atoms with Crippen LogP contribution in [0.3, 0.4) is 0 Å². The second kappa shape index (κ2) is 5.56. The zero-order chi connectivity index (χ0) is 15.6. The Balaban J connectivity index is 2.47. The summed E-state index contributed by atoms with van der Waals surface area (Å²) in [6, 6.07) is 11.1. The fourth-order valence-electron chi connectivity index (χ4n) is 1.99. The van der Waals surface area contributed by atoms with E-state index in [9.17, 15) is 9.59 Å². The third kappa shape index (κ3) is 3.05. The van der Waals surface area contributed by atoms with Crippen molar-refractivity contribution in [1.29, 1.82) is 0 Å². The first kappa shape index (κ1) is 15.0. The van der Waals surface area contributed by atoms with E-state index in [2.05, 4.69) is 0 Å². The molecule has 21 heavy (non-hydrogen) atoms. The highest BCUT2D eigenvalue weighted by atomic mass is 16.5. The van der Waals surface area contributed by atoms with Gasteiger partial charge in [-0.2, -0.15) is 0 Å². The third-order valence-corrected chi connectivity index (χ3v) is 3.42. The van der Waals surface area contributed by atoms with Crippen LogP contribution in [0, 0.1) is 5.41 Å². The number of benzene rings is 2. The number of rotatable bonds is 5. The second-order valence-corrected chi connectivity index (χ2v) is 5.70. The molecule has 110 valence electrons. The van der Waals surface area contributed by atoms with Gasteiger partial charge in [0, 0.05) is 5.39 Å². The van der Waals surface area contributed by atoms with Crippen LogP contribution in [0.1, 0.15) is 31.1 Å². The number of ketones is 1. The number of carbonyl (C=O) groups excluding carboxylic acids is 1. The number of carbonyl (C=O) groups is 2. The molecule has 2 aromatic rings. The molecule has 4 nitrogen and oxygen atoms in total. The van der Waals surface area contributed by atoms with E-state index in [0.717, 1.165) is 10.8 Å². The zero-order valence-electron chi connectivity index (χ0n) is 12.3. The van der Waals surface area contributed by atoms with E-state index in [-0.39, 0.29) is 12.4 Å². The van der Waals surface area contributed by atoms with Gasteiger partial charge >= 0.3 is 5.97 Å². The maximum atomic E-state index is 11.8. The van der Waals surface area contributed by atoms with Crippen molar-refractivity contribution in [3.8, 4) is 5.75 Å². The Bertz CT molecular complexity index is 701. The average Bonchev–Trinajstić information content (AvgIpc) is 2.44. The fourth-order valence-corrected chi connectivity index (χ4v) is 1.99. The molecule has 0 radical (unpaired) electrons. The molecule has 0 bridgehead atoms. The van der Waals surface area contributed by atoms with E-state index in [1.165, 1.54) is 6.92 Å². The van der Waals surface area contributed by atoms with E-state index >= 15 is 0 Å². The summed E-state index contributed by atoms with van der Waals surface area (Å²) in [5, 5.41) is 10.9. The second-order valence-electron chi connectivity index (χ2n) is 5.70. The minimum atomic E-state index is -1.02. The molecule has 0 aliphatic rings. The van der Waals surface area contributed by atoms with Crippen LogP contribution in [0.15, 0.2) is 36.4 Å². The molecule has 0 amide bonds. The highest BCUT2D eigenvalue weighted by molar-refractivity contribution is 6.03. The monoisotopic (exact) mass is 286 g/mol. The molecule has 0 heterocycles. The van der Waals surface area contributed by atoms with Crippen LogP contribution in [-0.4, -0.2) is 23.5 Å². The Morgan fingerprint density at radius 3 is 2.43 bits per heavy atom. The van der Waals surface area contributed by atoms with Gasteiger partial charge in [0.25, 0.3) is 0 Å². The minimum Gasteiger partial charge on any atom is -0.491 e. The third-order valence-electron chi connectivity index (χ3n) is 3.42. The van der Waals surface area contributed by atoms with E-state index in [1.807, 2.05) is 30.3 Å². The lowest BCUT2D eigenvalue weighted by Gasteiger charge is -2.21. The average molecular weight is 286 g/mol. The van der Waals surface area contributed by atoms with Crippen LogP contribution in [-0.2, 0) is 4.79 Å². The number of hydrogen-bond acceptors (Lipinski definition) is 3. The number of carboxylic acids is 1. The maximum Gasteiger partial charge on any atom is 0.312 e. The molecule has 0 aromatic heterocycles. The summed E-state index contributed by atoms with van der Waals surface area (Å²) < 4.78 is 5.74. The number of aliphatic carboxylic acids is 1. The smallest absolute Gasteiger partial charge is 0.312 e. The largest absolute Gasteiger partial charge is 0.491 e. The lowest BCUT2D eigenvalue weighted by atomic mass is 9.95. The van der Waals surface area contributed by atoms with Gasteiger partial charge in [-0.15, -0.1) is 0 Å².